The smallest absolute Gasteiger partial charge is 0.357 e. The number of carbonyl (C=O) groups excluding carboxylic acids is 1. The van der Waals surface area contributed by atoms with Gasteiger partial charge >= 0.3 is 11.9 Å². The number of aromatic nitrogens is 4. The second-order valence-electron chi connectivity index (χ2n) is 4.63. The van der Waals surface area contributed by atoms with Gasteiger partial charge in [-0.3, -0.25) is 0 Å². The van der Waals surface area contributed by atoms with Gasteiger partial charge in [0.05, 0.1) is 16.1 Å². The van der Waals surface area contributed by atoms with Crippen LogP contribution < -0.4 is 0 Å². The van der Waals surface area contributed by atoms with Gasteiger partial charge in [0.15, 0.2) is 23.0 Å². The Morgan fingerprint density at radius 2 is 1.37 bits per heavy atom. The molecule has 0 aliphatic rings. The minimum absolute atomic E-state index is 0.0537. The van der Waals surface area contributed by atoms with Crippen LogP contribution in [0.25, 0.3) is 0 Å². The molecule has 12 heteroatoms. The lowest BCUT2D eigenvalue weighted by Gasteiger charge is -2.03. The number of nitrogens with zero attached hydrogens (tertiary/aromatic N) is 4. The van der Waals surface area contributed by atoms with Crippen molar-refractivity contribution in [1.82, 2.24) is 19.9 Å². The molecule has 0 aromatic carbocycles. The molecule has 0 aliphatic carbocycles. The second-order valence-corrected chi connectivity index (χ2v) is 6.34. The minimum Gasteiger partial charge on any atom is -0.476 e. The Bertz CT molecular complexity index is 806. The first-order valence-corrected chi connectivity index (χ1v) is 8.74. The van der Waals surface area contributed by atoms with Crippen LogP contribution in [-0.2, 0) is 27.4 Å². The molecule has 0 aliphatic heterocycles. The zero-order chi connectivity index (χ0) is 20.4. The van der Waals surface area contributed by atoms with Crippen molar-refractivity contribution in [2.24, 2.45) is 0 Å². The third kappa shape index (κ3) is 7.25. The normalized spacial score (nSPS) is 9.96. The van der Waals surface area contributed by atoms with Gasteiger partial charge in [0.25, 0.3) is 0 Å². The monoisotopic (exact) mass is 506 g/mol. The van der Waals surface area contributed by atoms with Gasteiger partial charge in [0.2, 0.25) is 0 Å². The molecule has 146 valence electrons. The second kappa shape index (κ2) is 11.6. The number of aromatic carboxylic acids is 1. The summed E-state index contributed by atoms with van der Waals surface area (Å²) in [6, 6.07) is 0. The summed E-state index contributed by atoms with van der Waals surface area (Å²) in [6.45, 7) is 0.463. The quantitative estimate of drug-likeness (QED) is 0.580. The number of rotatable bonds is 6. The minimum atomic E-state index is -1.09. The van der Waals surface area contributed by atoms with E-state index in [1.165, 1.54) is 33.7 Å². The summed E-state index contributed by atoms with van der Waals surface area (Å²) in [7, 11) is 4.32. The largest absolute Gasteiger partial charge is 0.476 e. The maximum Gasteiger partial charge on any atom is 0.357 e. The van der Waals surface area contributed by atoms with Crippen molar-refractivity contribution in [3.63, 3.8) is 0 Å². The van der Waals surface area contributed by atoms with Crippen molar-refractivity contribution in [2.45, 2.75) is 13.2 Å². The van der Waals surface area contributed by atoms with Gasteiger partial charge in [-0.1, -0.05) is 0 Å². The van der Waals surface area contributed by atoms with Crippen LogP contribution in [0.4, 0.5) is 0 Å². The Balaban J connectivity index is 0.000000271. The Morgan fingerprint density at radius 1 is 0.926 bits per heavy atom. The van der Waals surface area contributed by atoms with E-state index < -0.39 is 11.9 Å². The fraction of sp³-hybridized carbons (Fsp3) is 0.333. The number of esters is 1. The summed E-state index contributed by atoms with van der Waals surface area (Å²) in [5, 5.41) is 8.70. The van der Waals surface area contributed by atoms with Crippen LogP contribution >= 0.6 is 31.9 Å². The van der Waals surface area contributed by atoms with Gasteiger partial charge < -0.3 is 19.3 Å². The first kappa shape index (κ1) is 23.0. The number of hydrogen-bond acceptors (Lipinski definition) is 9. The fourth-order valence-electron chi connectivity index (χ4n) is 1.59. The summed E-state index contributed by atoms with van der Waals surface area (Å²) in [5.74, 6) is -0.803. The van der Waals surface area contributed by atoms with Crippen LogP contribution in [0.5, 0.6) is 0 Å². The number of hydrogen-bond donors (Lipinski definition) is 1. The molecule has 2 aromatic rings. The Labute approximate surface area is 171 Å². The van der Waals surface area contributed by atoms with Crippen LogP contribution in [0.15, 0.2) is 21.3 Å². The predicted octanol–water partition coefficient (Wildman–Crippen LogP) is 2.26. The van der Waals surface area contributed by atoms with Crippen molar-refractivity contribution in [1.29, 1.82) is 0 Å². The topological polar surface area (TPSA) is 134 Å². The van der Waals surface area contributed by atoms with E-state index in [1.54, 1.807) is 0 Å². The van der Waals surface area contributed by atoms with Gasteiger partial charge in [-0.05, 0) is 31.9 Å². The highest BCUT2D eigenvalue weighted by Crippen LogP contribution is 2.14. The summed E-state index contributed by atoms with van der Waals surface area (Å²) in [5.41, 5.74) is 0.150. The number of ether oxygens (including phenoxy) is 3. The number of halogens is 2. The number of carboxylic acids is 1. The summed E-state index contributed by atoms with van der Waals surface area (Å²) >= 11 is 6.19. The molecule has 2 rings (SSSR count). The number of carbonyl (C=O) groups is 2. The molecule has 10 nitrogen and oxygen atoms in total. The van der Waals surface area contributed by atoms with Crippen LogP contribution in [0.1, 0.15) is 32.6 Å². The highest BCUT2D eigenvalue weighted by atomic mass is 79.9. The first-order chi connectivity index (χ1) is 12.8. The van der Waals surface area contributed by atoms with Crippen molar-refractivity contribution in [2.75, 3.05) is 21.3 Å². The van der Waals surface area contributed by atoms with Gasteiger partial charge in [-0.25, -0.2) is 29.5 Å². The molecule has 0 saturated carbocycles. The standard InChI is InChI=1S/C8H9BrN2O3.C7H7BrN2O3/c1-13-4-6-10-3-5(9)7(11-6)8(12)14-2;1-13-3-5-9-2-4(8)6(10-5)7(11)12/h3H,4H2,1-2H3;2H,3H2,1H3,(H,11,12). The highest BCUT2D eigenvalue weighted by molar-refractivity contribution is 9.10. The lowest BCUT2D eigenvalue weighted by Crippen LogP contribution is -2.09. The molecule has 2 aromatic heterocycles. The molecule has 0 atom stereocenters. The van der Waals surface area contributed by atoms with Crippen molar-refractivity contribution in [3.05, 3.63) is 44.4 Å². The average Bonchev–Trinajstić information content (AvgIpc) is 2.65. The van der Waals surface area contributed by atoms with Gasteiger partial charge in [-0.15, -0.1) is 0 Å². The molecular weight excluding hydrogens is 492 g/mol. The molecule has 0 bridgehead atoms. The van der Waals surface area contributed by atoms with E-state index in [4.69, 9.17) is 14.6 Å². The zero-order valence-corrected chi connectivity index (χ0v) is 17.8. The molecule has 0 fully saturated rings. The molecule has 27 heavy (non-hydrogen) atoms. The Kier molecular flexibility index (Phi) is 9.93. The molecule has 0 radical (unpaired) electrons. The molecule has 0 saturated heterocycles. The third-order valence-electron chi connectivity index (χ3n) is 2.72. The number of methoxy groups -OCH3 is 3. The summed E-state index contributed by atoms with van der Waals surface area (Å²) < 4.78 is 15.0. The van der Waals surface area contributed by atoms with E-state index in [0.29, 0.717) is 20.6 Å². The van der Waals surface area contributed by atoms with E-state index in [0.717, 1.165) is 0 Å². The van der Waals surface area contributed by atoms with Gasteiger partial charge in [-0.2, -0.15) is 0 Å². The van der Waals surface area contributed by atoms with Crippen molar-refractivity contribution >= 4 is 43.8 Å². The van der Waals surface area contributed by atoms with Gasteiger partial charge in [0, 0.05) is 26.6 Å². The third-order valence-corrected chi connectivity index (χ3v) is 3.88. The predicted molar refractivity (Wildman–Crippen MR) is 99.2 cm³/mol. The van der Waals surface area contributed by atoms with Crippen LogP contribution in [0, 0.1) is 0 Å². The van der Waals surface area contributed by atoms with E-state index in [2.05, 4.69) is 56.5 Å². The summed E-state index contributed by atoms with van der Waals surface area (Å²) in [6.07, 6.45) is 2.89. The van der Waals surface area contributed by atoms with Crippen LogP contribution in [0.3, 0.4) is 0 Å². The first-order valence-electron chi connectivity index (χ1n) is 7.16. The maximum absolute atomic E-state index is 11.2. The summed E-state index contributed by atoms with van der Waals surface area (Å²) in [4.78, 5) is 37.4. The maximum atomic E-state index is 11.2. The molecule has 0 unspecified atom stereocenters. The highest BCUT2D eigenvalue weighted by Gasteiger charge is 2.13. The molecule has 1 N–H and O–H groups in total. The number of carboxylic acid groups (broad SMARTS) is 1. The van der Waals surface area contributed by atoms with Crippen molar-refractivity contribution in [3.8, 4) is 0 Å². The zero-order valence-electron chi connectivity index (χ0n) is 14.6. The van der Waals surface area contributed by atoms with Crippen LogP contribution in [0.2, 0.25) is 0 Å². The van der Waals surface area contributed by atoms with Crippen molar-refractivity contribution < 1.29 is 28.9 Å². The van der Waals surface area contributed by atoms with Crippen LogP contribution in [-0.4, -0.2) is 58.3 Å². The Morgan fingerprint density at radius 3 is 1.78 bits per heavy atom. The van der Waals surface area contributed by atoms with E-state index in [1.807, 2.05) is 0 Å². The average molecular weight is 508 g/mol. The molecule has 0 amide bonds. The van der Waals surface area contributed by atoms with Gasteiger partial charge in [0.1, 0.15) is 13.2 Å². The lowest BCUT2D eigenvalue weighted by molar-refractivity contribution is 0.0590. The molecular formula is C15H16Br2N4O6. The SMILES string of the molecule is COCc1ncc(Br)c(C(=O)O)n1.COCc1ncc(Br)c(C(=O)OC)n1. The Hall–Kier alpha value is -2.02. The molecule has 2 heterocycles. The fourth-order valence-corrected chi connectivity index (χ4v) is 2.31. The van der Waals surface area contributed by atoms with E-state index >= 15 is 0 Å². The molecule has 0 spiro atoms. The van der Waals surface area contributed by atoms with E-state index in [-0.39, 0.29) is 24.6 Å². The lowest BCUT2D eigenvalue weighted by atomic mass is 10.4. The van der Waals surface area contributed by atoms with E-state index in [9.17, 15) is 9.59 Å².